The Morgan fingerprint density at radius 1 is 1.04 bits per heavy atom. The van der Waals surface area contributed by atoms with Crippen LogP contribution in [-0.2, 0) is 4.74 Å². The molecule has 1 N–H and O–H groups in total. The van der Waals surface area contributed by atoms with Gasteiger partial charge in [-0.05, 0) is 37.7 Å². The minimum atomic E-state index is 0.149. The smallest absolute Gasteiger partial charge is 0.254 e. The van der Waals surface area contributed by atoms with Gasteiger partial charge in [0.2, 0.25) is 0 Å². The Balaban J connectivity index is 1.39. The predicted molar refractivity (Wildman–Crippen MR) is 107 cm³/mol. The van der Waals surface area contributed by atoms with E-state index in [1.165, 1.54) is 6.42 Å². The maximum atomic E-state index is 13.6. The summed E-state index contributed by atoms with van der Waals surface area (Å²) < 4.78 is 5.56. The fourth-order valence-corrected chi connectivity index (χ4v) is 5.16. The van der Waals surface area contributed by atoms with Crippen molar-refractivity contribution >= 4 is 5.91 Å². The van der Waals surface area contributed by atoms with Crippen molar-refractivity contribution < 1.29 is 9.53 Å². The summed E-state index contributed by atoms with van der Waals surface area (Å²) in [7, 11) is 0. The van der Waals surface area contributed by atoms with Crippen molar-refractivity contribution in [3.8, 4) is 11.4 Å². The van der Waals surface area contributed by atoms with E-state index in [1.807, 2.05) is 24.3 Å². The molecule has 5 heterocycles. The molecule has 4 saturated heterocycles. The van der Waals surface area contributed by atoms with Gasteiger partial charge in [-0.2, -0.15) is 0 Å². The van der Waals surface area contributed by atoms with E-state index < -0.39 is 0 Å². The molecule has 6 nitrogen and oxygen atoms in total. The average Bonchev–Trinajstić information content (AvgIpc) is 3.13. The van der Waals surface area contributed by atoms with E-state index in [1.54, 1.807) is 12.4 Å². The number of imidazole rings is 1. The SMILES string of the molecule is O=C(c1ccccc1-c1ncc[nH]1)N1C[C@H]2CC[C@@H]1CN(C1CCOCC1)C2. The minimum absolute atomic E-state index is 0.149. The lowest BCUT2D eigenvalue weighted by Crippen LogP contribution is -2.48. The number of nitrogens with zero attached hydrogens (tertiary/aromatic N) is 3. The van der Waals surface area contributed by atoms with Crippen molar-refractivity contribution in [1.82, 2.24) is 19.8 Å². The first-order valence-electron chi connectivity index (χ1n) is 10.5. The van der Waals surface area contributed by atoms with Crippen LogP contribution in [0.4, 0.5) is 0 Å². The number of carbonyl (C=O) groups is 1. The van der Waals surface area contributed by atoms with Gasteiger partial charge in [0.05, 0.1) is 5.56 Å². The van der Waals surface area contributed by atoms with Crippen LogP contribution >= 0.6 is 0 Å². The zero-order valence-corrected chi connectivity index (χ0v) is 16.2. The summed E-state index contributed by atoms with van der Waals surface area (Å²) in [4.78, 5) is 25.9. The summed E-state index contributed by atoms with van der Waals surface area (Å²) in [5, 5.41) is 0. The summed E-state index contributed by atoms with van der Waals surface area (Å²) in [5.74, 6) is 1.48. The van der Waals surface area contributed by atoms with Crippen LogP contribution in [0.1, 0.15) is 36.0 Å². The Hall–Kier alpha value is -2.18. The van der Waals surface area contributed by atoms with Crippen LogP contribution in [0.3, 0.4) is 0 Å². The first-order valence-corrected chi connectivity index (χ1v) is 10.5. The predicted octanol–water partition coefficient (Wildman–Crippen LogP) is 2.79. The standard InChI is InChI=1S/C22H28N4O2/c27-22(20-4-2-1-3-19(20)21-23-9-10-24-21)26-14-16-5-6-18(26)15-25(13-16)17-7-11-28-12-8-17/h1-4,9-10,16-18H,5-8,11-15H2,(H,23,24)/t16-,18+/m0/s1. The van der Waals surface area contributed by atoms with Crippen molar-refractivity contribution in [1.29, 1.82) is 0 Å². The molecule has 1 aromatic carbocycles. The van der Waals surface area contributed by atoms with Crippen LogP contribution in [0.5, 0.6) is 0 Å². The molecule has 0 aliphatic carbocycles. The topological polar surface area (TPSA) is 61.5 Å². The van der Waals surface area contributed by atoms with Gasteiger partial charge in [-0.1, -0.05) is 18.2 Å². The summed E-state index contributed by atoms with van der Waals surface area (Å²) in [6, 6.07) is 8.76. The minimum Gasteiger partial charge on any atom is -0.381 e. The molecule has 0 unspecified atom stereocenters. The number of hydrogen-bond acceptors (Lipinski definition) is 4. The highest BCUT2D eigenvalue weighted by molar-refractivity contribution is 6.00. The van der Waals surface area contributed by atoms with Crippen LogP contribution in [0.2, 0.25) is 0 Å². The summed E-state index contributed by atoms with van der Waals surface area (Å²) in [5.41, 5.74) is 1.64. The van der Waals surface area contributed by atoms with E-state index in [-0.39, 0.29) is 5.91 Å². The van der Waals surface area contributed by atoms with Crippen LogP contribution in [-0.4, -0.2) is 70.6 Å². The number of nitrogens with one attached hydrogen (secondary N) is 1. The first kappa shape index (κ1) is 17.9. The van der Waals surface area contributed by atoms with Crippen LogP contribution < -0.4 is 0 Å². The third kappa shape index (κ3) is 3.35. The van der Waals surface area contributed by atoms with Crippen LogP contribution in [0, 0.1) is 5.92 Å². The second-order valence-corrected chi connectivity index (χ2v) is 8.34. The molecule has 4 aliphatic heterocycles. The van der Waals surface area contributed by atoms with E-state index in [4.69, 9.17) is 4.74 Å². The number of H-pyrrole nitrogens is 1. The Morgan fingerprint density at radius 2 is 1.89 bits per heavy atom. The molecule has 0 saturated carbocycles. The van der Waals surface area contributed by atoms with E-state index in [0.717, 1.165) is 69.1 Å². The largest absolute Gasteiger partial charge is 0.381 e. The Labute approximate surface area is 165 Å². The van der Waals surface area contributed by atoms with Gasteiger partial charge in [-0.3, -0.25) is 9.69 Å². The van der Waals surface area contributed by atoms with Gasteiger partial charge in [-0.15, -0.1) is 0 Å². The lowest BCUT2D eigenvalue weighted by atomic mass is 9.93. The van der Waals surface area contributed by atoms with E-state index >= 15 is 0 Å². The van der Waals surface area contributed by atoms with Gasteiger partial charge in [-0.25, -0.2) is 4.98 Å². The maximum absolute atomic E-state index is 13.6. The quantitative estimate of drug-likeness (QED) is 0.890. The van der Waals surface area contributed by atoms with Gasteiger partial charge in [0.1, 0.15) is 5.82 Å². The normalized spacial score (nSPS) is 26.4. The van der Waals surface area contributed by atoms with Gasteiger partial charge in [0, 0.05) is 62.9 Å². The summed E-state index contributed by atoms with van der Waals surface area (Å²) in [6.45, 7) is 4.72. The summed E-state index contributed by atoms with van der Waals surface area (Å²) >= 11 is 0. The molecular weight excluding hydrogens is 352 g/mol. The fraction of sp³-hybridized carbons (Fsp3) is 0.545. The first-order chi connectivity index (χ1) is 13.8. The highest BCUT2D eigenvalue weighted by Gasteiger charge is 2.40. The Bertz CT molecular complexity index is 816. The monoisotopic (exact) mass is 380 g/mol. The molecule has 0 spiro atoms. The van der Waals surface area contributed by atoms with Gasteiger partial charge < -0.3 is 14.6 Å². The molecule has 28 heavy (non-hydrogen) atoms. The maximum Gasteiger partial charge on any atom is 0.254 e. The molecule has 4 aliphatic rings. The Kier molecular flexibility index (Phi) is 4.91. The van der Waals surface area contributed by atoms with E-state index in [0.29, 0.717) is 18.0 Å². The fourth-order valence-electron chi connectivity index (χ4n) is 5.16. The second kappa shape index (κ2) is 7.68. The zero-order chi connectivity index (χ0) is 18.9. The number of piperidine rings is 1. The number of carbonyl (C=O) groups excluding carboxylic acids is 1. The lowest BCUT2D eigenvalue weighted by molar-refractivity contribution is 0.0304. The van der Waals surface area contributed by atoms with E-state index in [2.05, 4.69) is 19.8 Å². The number of fused-ring (bicyclic) bond motifs is 4. The molecular formula is C22H28N4O2. The average molecular weight is 380 g/mol. The molecule has 2 aromatic rings. The van der Waals surface area contributed by atoms with Crippen molar-refractivity contribution in [3.63, 3.8) is 0 Å². The molecule has 4 fully saturated rings. The van der Waals surface area contributed by atoms with Gasteiger partial charge in [0.15, 0.2) is 0 Å². The molecule has 1 aromatic heterocycles. The van der Waals surface area contributed by atoms with Crippen molar-refractivity contribution in [2.24, 2.45) is 5.92 Å². The van der Waals surface area contributed by atoms with Crippen LogP contribution in [0.25, 0.3) is 11.4 Å². The highest BCUT2D eigenvalue weighted by Crippen LogP contribution is 2.33. The van der Waals surface area contributed by atoms with Crippen molar-refractivity contribution in [2.75, 3.05) is 32.8 Å². The number of rotatable bonds is 3. The third-order valence-corrected chi connectivity index (χ3v) is 6.62. The molecule has 6 heteroatoms. The number of amides is 1. The molecule has 148 valence electrons. The van der Waals surface area contributed by atoms with Gasteiger partial charge in [0.25, 0.3) is 5.91 Å². The number of ether oxygens (including phenoxy) is 1. The molecule has 0 radical (unpaired) electrons. The van der Waals surface area contributed by atoms with Crippen molar-refractivity contribution in [2.45, 2.75) is 37.8 Å². The molecule has 1 amide bonds. The number of aromatic nitrogens is 2. The van der Waals surface area contributed by atoms with Crippen molar-refractivity contribution in [3.05, 3.63) is 42.2 Å². The molecule has 2 bridgehead atoms. The lowest BCUT2D eigenvalue weighted by Gasteiger charge is -2.37. The van der Waals surface area contributed by atoms with Crippen LogP contribution in [0.15, 0.2) is 36.7 Å². The highest BCUT2D eigenvalue weighted by atomic mass is 16.5. The van der Waals surface area contributed by atoms with E-state index in [9.17, 15) is 4.79 Å². The molecule has 6 rings (SSSR count). The Morgan fingerprint density at radius 3 is 2.71 bits per heavy atom. The number of aromatic amines is 1. The second-order valence-electron chi connectivity index (χ2n) is 8.34. The molecule has 2 atom stereocenters. The third-order valence-electron chi connectivity index (χ3n) is 6.62. The number of benzene rings is 1. The number of hydrogen-bond donors (Lipinski definition) is 1. The zero-order valence-electron chi connectivity index (χ0n) is 16.2. The summed E-state index contributed by atoms with van der Waals surface area (Å²) in [6.07, 6.45) is 8.11. The van der Waals surface area contributed by atoms with Gasteiger partial charge >= 0.3 is 0 Å².